The summed E-state index contributed by atoms with van der Waals surface area (Å²) in [5.74, 6) is 0. The highest BCUT2D eigenvalue weighted by Gasteiger charge is 2.37. The van der Waals surface area contributed by atoms with Crippen LogP contribution in [0.3, 0.4) is 0 Å². The second kappa shape index (κ2) is 9.15. The van der Waals surface area contributed by atoms with Crippen molar-refractivity contribution in [2.75, 3.05) is 0 Å². The molecule has 0 heterocycles. The van der Waals surface area contributed by atoms with E-state index < -0.39 is 23.7 Å². The molecule has 0 atom stereocenters. The van der Waals surface area contributed by atoms with Crippen molar-refractivity contribution in [3.05, 3.63) is 73.9 Å². The van der Waals surface area contributed by atoms with Gasteiger partial charge >= 0.3 is 26.7 Å². The molecule has 29 heavy (non-hydrogen) atoms. The van der Waals surface area contributed by atoms with Gasteiger partial charge in [-0.15, -0.1) is 0 Å². The fourth-order valence-corrected chi connectivity index (χ4v) is 8.97. The van der Waals surface area contributed by atoms with Gasteiger partial charge in [0.2, 0.25) is 0 Å². The van der Waals surface area contributed by atoms with Crippen molar-refractivity contribution >= 4 is 34.2 Å². The highest BCUT2D eigenvalue weighted by Crippen LogP contribution is 2.20. The molecule has 0 aromatic heterocycles. The van der Waals surface area contributed by atoms with Crippen molar-refractivity contribution in [2.45, 2.75) is 25.1 Å². The summed E-state index contributed by atoms with van der Waals surface area (Å²) >= 11 is -0.0991. The fraction of sp³-hybridized carbons (Fsp3) is 0.200. The quantitative estimate of drug-likeness (QED) is 0.215. The highest BCUT2D eigenvalue weighted by atomic mass is 127. The van der Waals surface area contributed by atoms with Crippen LogP contribution in [0.2, 0.25) is 19.6 Å². The molecular weight excluding hydrogens is 532 g/mol. The molecule has 0 aliphatic heterocycles. The Morgan fingerprint density at radius 3 is 1.76 bits per heavy atom. The van der Waals surface area contributed by atoms with E-state index in [1.54, 1.807) is 8.76 Å². The van der Waals surface area contributed by atoms with E-state index in [2.05, 4.69) is 86.4 Å². The lowest BCUT2D eigenvalue weighted by Gasteiger charge is -2.17. The second-order valence-electron chi connectivity index (χ2n) is 7.22. The van der Waals surface area contributed by atoms with Crippen molar-refractivity contribution < 1.29 is 47.3 Å². The molecule has 0 radical (unpaired) electrons. The van der Waals surface area contributed by atoms with Gasteiger partial charge in [0, 0.05) is 0 Å². The third-order valence-electron chi connectivity index (χ3n) is 3.87. The predicted molar refractivity (Wildman–Crippen MR) is 107 cm³/mol. The fourth-order valence-electron chi connectivity index (χ4n) is 2.46. The monoisotopic (exact) mass is 552 g/mol. The molecule has 0 N–H and O–H groups in total. The third-order valence-corrected chi connectivity index (χ3v) is 9.79. The van der Waals surface area contributed by atoms with Gasteiger partial charge in [-0.2, -0.15) is 13.2 Å². The van der Waals surface area contributed by atoms with Gasteiger partial charge in [-0.05, 0) is 34.2 Å². The Labute approximate surface area is 180 Å². The maximum Gasteiger partial charge on any atom is 0.485 e. The molecule has 0 spiro atoms. The minimum atomic E-state index is -6.09. The molecule has 0 amide bonds. The summed E-state index contributed by atoms with van der Waals surface area (Å²) < 4.78 is 62.0. The highest BCUT2D eigenvalue weighted by molar-refractivity contribution is 7.86. The Bertz CT molecular complexity index is 1080. The van der Waals surface area contributed by atoms with E-state index in [1.165, 1.54) is 14.3 Å². The largest absolute Gasteiger partial charge is 0.741 e. The number of hydrogen-bond donors (Lipinski definition) is 0. The van der Waals surface area contributed by atoms with Crippen LogP contribution in [-0.4, -0.2) is 26.6 Å². The summed E-state index contributed by atoms with van der Waals surface area (Å²) in [4.78, 5) is 0. The van der Waals surface area contributed by atoms with Crippen molar-refractivity contribution in [1.29, 1.82) is 0 Å². The molecule has 3 nitrogen and oxygen atoms in total. The van der Waals surface area contributed by atoms with Gasteiger partial charge in [-0.1, -0.05) is 68.2 Å². The number of hydrogen-bond acceptors (Lipinski definition) is 3. The van der Waals surface area contributed by atoms with Gasteiger partial charge in [-0.25, -0.2) is 8.42 Å². The zero-order chi connectivity index (χ0) is 21.9. The molecule has 0 saturated heterocycles. The molecule has 0 saturated carbocycles. The van der Waals surface area contributed by atoms with Crippen LogP contribution in [0.25, 0.3) is 10.8 Å². The topological polar surface area (TPSA) is 57.2 Å². The molecule has 156 valence electrons. The van der Waals surface area contributed by atoms with Gasteiger partial charge in [-0.3, -0.25) is 0 Å². The molecule has 3 rings (SSSR count). The van der Waals surface area contributed by atoms with E-state index in [0.29, 0.717) is 0 Å². The Kier molecular flexibility index (Phi) is 7.52. The molecular formula is C20H20F3IO3SSi. The van der Waals surface area contributed by atoms with Crippen LogP contribution in [0, 0.1) is 7.14 Å². The van der Waals surface area contributed by atoms with Crippen LogP contribution in [0.1, 0.15) is 0 Å². The normalized spacial score (nSPS) is 12.4. The lowest BCUT2D eigenvalue weighted by atomic mass is 10.1. The minimum Gasteiger partial charge on any atom is -0.741 e. The molecule has 0 aliphatic rings. The van der Waals surface area contributed by atoms with Crippen LogP contribution in [0.4, 0.5) is 13.2 Å². The van der Waals surface area contributed by atoms with Crippen molar-refractivity contribution in [2.24, 2.45) is 0 Å². The first-order chi connectivity index (χ1) is 13.3. The number of rotatable bonds is 3. The molecule has 0 aliphatic carbocycles. The Morgan fingerprint density at radius 2 is 1.31 bits per heavy atom. The number of benzene rings is 3. The second-order valence-corrected chi connectivity index (χ2v) is 16.6. The molecule has 0 fully saturated rings. The van der Waals surface area contributed by atoms with Crippen LogP contribution >= 0.6 is 0 Å². The lowest BCUT2D eigenvalue weighted by molar-refractivity contribution is -0.595. The summed E-state index contributed by atoms with van der Waals surface area (Å²) in [6, 6.07) is 24.6. The summed E-state index contributed by atoms with van der Waals surface area (Å²) in [6.07, 6.45) is 0. The molecule has 0 bridgehead atoms. The maximum absolute atomic E-state index is 10.7. The van der Waals surface area contributed by atoms with Crippen molar-refractivity contribution in [3.63, 3.8) is 0 Å². The number of alkyl halides is 3. The van der Waals surface area contributed by atoms with E-state index in [4.69, 9.17) is 13.0 Å². The summed E-state index contributed by atoms with van der Waals surface area (Å²) in [5.41, 5.74) is -5.65. The standard InChI is InChI=1S/C19H20ISi.CHF3O3S/c1-21(2,3)19-14-16-10-8-7-9-15(16)13-18(19)20-17-11-5-4-6-12-17;2-1(3,4)8(5,6)7/h4-14H,1-3H3;(H,5,6,7)/q+1;/p-1. The van der Waals surface area contributed by atoms with Crippen LogP contribution in [0.15, 0.2) is 66.7 Å². The van der Waals surface area contributed by atoms with Gasteiger partial charge in [0.1, 0.15) is 0 Å². The van der Waals surface area contributed by atoms with Gasteiger partial charge in [0.25, 0.3) is 0 Å². The Hall–Kier alpha value is -1.43. The molecule has 3 aromatic rings. The number of halogens is 4. The Morgan fingerprint density at radius 1 is 0.862 bits per heavy atom. The summed E-state index contributed by atoms with van der Waals surface area (Å²) in [6.45, 7) is 7.36. The van der Waals surface area contributed by atoms with Crippen molar-refractivity contribution in [1.82, 2.24) is 0 Å². The Balaban J connectivity index is 0.000000321. The lowest BCUT2D eigenvalue weighted by Crippen LogP contribution is -3.62. The molecule has 3 aromatic carbocycles. The van der Waals surface area contributed by atoms with Crippen molar-refractivity contribution in [3.8, 4) is 0 Å². The molecule has 0 unspecified atom stereocenters. The minimum absolute atomic E-state index is 0.0991. The summed E-state index contributed by atoms with van der Waals surface area (Å²) in [5, 5.41) is 4.40. The first kappa shape index (κ1) is 23.8. The average molecular weight is 552 g/mol. The first-order valence-corrected chi connectivity index (χ1v) is 15.6. The van der Waals surface area contributed by atoms with Gasteiger partial charge in [0.15, 0.2) is 17.3 Å². The van der Waals surface area contributed by atoms with E-state index >= 15 is 0 Å². The van der Waals surface area contributed by atoms with E-state index in [1.807, 2.05) is 0 Å². The smallest absolute Gasteiger partial charge is 0.485 e. The predicted octanol–water partition coefficient (Wildman–Crippen LogP) is 1.56. The SMILES string of the molecule is C[Si](C)(C)c1cc2ccccc2cc1[I+]c1ccccc1.O=S(=O)([O-])C(F)(F)F. The van der Waals surface area contributed by atoms with Crippen LogP contribution in [-0.2, 0) is 10.1 Å². The first-order valence-electron chi connectivity index (χ1n) is 8.54. The molecule has 9 heteroatoms. The van der Waals surface area contributed by atoms with Crippen LogP contribution < -0.4 is 26.4 Å². The van der Waals surface area contributed by atoms with Gasteiger partial charge in [0.05, 0.1) is 8.07 Å². The van der Waals surface area contributed by atoms with Gasteiger partial charge < -0.3 is 4.55 Å². The van der Waals surface area contributed by atoms with Crippen LogP contribution in [0.5, 0.6) is 0 Å². The maximum atomic E-state index is 10.7. The zero-order valence-corrected chi connectivity index (χ0v) is 20.0. The number of fused-ring (bicyclic) bond motifs is 1. The average Bonchev–Trinajstić information content (AvgIpc) is 2.60. The van der Waals surface area contributed by atoms with E-state index in [0.717, 1.165) is 0 Å². The third kappa shape index (κ3) is 6.80. The summed E-state index contributed by atoms with van der Waals surface area (Å²) in [7, 11) is -7.41. The van der Waals surface area contributed by atoms with E-state index in [9.17, 15) is 13.2 Å². The zero-order valence-electron chi connectivity index (χ0n) is 16.0. The van der Waals surface area contributed by atoms with E-state index in [-0.39, 0.29) is 21.2 Å².